The van der Waals surface area contributed by atoms with Gasteiger partial charge in [0.2, 0.25) is 0 Å². The third kappa shape index (κ3) is 6.44. The average molecular weight is 306 g/mol. The Morgan fingerprint density at radius 1 is 1.38 bits per heavy atom. The van der Waals surface area contributed by atoms with Crippen molar-refractivity contribution < 1.29 is 22.8 Å². The van der Waals surface area contributed by atoms with Crippen LogP contribution in [-0.2, 0) is 11.3 Å². The SMILES string of the molecule is CCCNc1cc(COCCC(F)(F)F)ccc1[N+](=O)[O-]. The van der Waals surface area contributed by atoms with E-state index < -0.39 is 24.1 Å². The number of anilines is 1. The van der Waals surface area contributed by atoms with Gasteiger partial charge in [-0.15, -0.1) is 0 Å². The summed E-state index contributed by atoms with van der Waals surface area (Å²) in [6, 6.07) is 4.32. The van der Waals surface area contributed by atoms with Crippen LogP contribution in [0.15, 0.2) is 18.2 Å². The lowest BCUT2D eigenvalue weighted by molar-refractivity contribution is -0.384. The largest absolute Gasteiger partial charge is 0.391 e. The van der Waals surface area contributed by atoms with Crippen LogP contribution >= 0.6 is 0 Å². The molecule has 8 heteroatoms. The Hall–Kier alpha value is -1.83. The number of nitro benzene ring substituents is 1. The van der Waals surface area contributed by atoms with E-state index in [-0.39, 0.29) is 12.3 Å². The first-order valence-corrected chi connectivity index (χ1v) is 6.49. The quantitative estimate of drug-likeness (QED) is 0.449. The maximum atomic E-state index is 12.0. The summed E-state index contributed by atoms with van der Waals surface area (Å²) < 4.78 is 40.8. The van der Waals surface area contributed by atoms with E-state index >= 15 is 0 Å². The molecule has 0 heterocycles. The predicted molar refractivity (Wildman–Crippen MR) is 72.2 cm³/mol. The van der Waals surface area contributed by atoms with Gasteiger partial charge in [0, 0.05) is 12.6 Å². The molecule has 0 amide bonds. The summed E-state index contributed by atoms with van der Waals surface area (Å²) in [7, 11) is 0. The van der Waals surface area contributed by atoms with Crippen LogP contribution < -0.4 is 5.32 Å². The van der Waals surface area contributed by atoms with Crippen molar-refractivity contribution in [3.63, 3.8) is 0 Å². The number of halogens is 3. The van der Waals surface area contributed by atoms with E-state index in [4.69, 9.17) is 4.74 Å². The van der Waals surface area contributed by atoms with Gasteiger partial charge in [0.15, 0.2) is 0 Å². The highest BCUT2D eigenvalue weighted by atomic mass is 19.4. The molecule has 1 aromatic rings. The normalized spacial score (nSPS) is 11.4. The molecule has 21 heavy (non-hydrogen) atoms. The number of alkyl halides is 3. The zero-order valence-corrected chi connectivity index (χ0v) is 11.6. The minimum Gasteiger partial charge on any atom is -0.379 e. The highest BCUT2D eigenvalue weighted by Crippen LogP contribution is 2.26. The minimum absolute atomic E-state index is 0.0190. The summed E-state index contributed by atoms with van der Waals surface area (Å²) in [6.45, 7) is 2.04. The number of hydrogen-bond acceptors (Lipinski definition) is 4. The highest BCUT2D eigenvalue weighted by molar-refractivity contribution is 5.62. The van der Waals surface area contributed by atoms with Crippen molar-refractivity contribution in [2.75, 3.05) is 18.5 Å². The first-order chi connectivity index (χ1) is 9.83. The molecular weight excluding hydrogens is 289 g/mol. The number of hydrogen-bond donors (Lipinski definition) is 1. The van der Waals surface area contributed by atoms with Crippen molar-refractivity contribution in [3.05, 3.63) is 33.9 Å². The number of nitro groups is 1. The zero-order valence-electron chi connectivity index (χ0n) is 11.6. The first kappa shape index (κ1) is 17.2. The molecule has 1 N–H and O–H groups in total. The fraction of sp³-hybridized carbons (Fsp3) is 0.538. The number of ether oxygens (including phenoxy) is 1. The van der Waals surface area contributed by atoms with Gasteiger partial charge in [-0.05, 0) is 24.1 Å². The van der Waals surface area contributed by atoms with Gasteiger partial charge in [-0.1, -0.05) is 6.92 Å². The van der Waals surface area contributed by atoms with Gasteiger partial charge in [0.25, 0.3) is 5.69 Å². The van der Waals surface area contributed by atoms with E-state index in [1.54, 1.807) is 0 Å². The Morgan fingerprint density at radius 3 is 2.67 bits per heavy atom. The average Bonchev–Trinajstić information content (AvgIpc) is 2.40. The smallest absolute Gasteiger partial charge is 0.379 e. The van der Waals surface area contributed by atoms with Crippen molar-refractivity contribution >= 4 is 11.4 Å². The molecule has 0 atom stereocenters. The standard InChI is InChI=1S/C13H17F3N2O3/c1-2-6-17-11-8-10(3-4-12(11)18(19)20)9-21-7-5-13(14,15)16/h3-4,8,17H,2,5-7,9H2,1H3. The van der Waals surface area contributed by atoms with Crippen LogP contribution in [0, 0.1) is 10.1 Å². The molecule has 0 bridgehead atoms. The summed E-state index contributed by atoms with van der Waals surface area (Å²) in [4.78, 5) is 10.4. The monoisotopic (exact) mass is 306 g/mol. The number of rotatable bonds is 8. The van der Waals surface area contributed by atoms with Gasteiger partial charge in [-0.2, -0.15) is 13.2 Å². The molecular formula is C13H17F3N2O3. The topological polar surface area (TPSA) is 64.4 Å². The Labute approximate surface area is 120 Å². The summed E-state index contributed by atoms with van der Waals surface area (Å²) in [5, 5.41) is 13.8. The molecule has 0 aliphatic heterocycles. The van der Waals surface area contributed by atoms with Crippen LogP contribution in [-0.4, -0.2) is 24.3 Å². The molecule has 5 nitrogen and oxygen atoms in total. The Kier molecular flexibility index (Phi) is 6.41. The van der Waals surface area contributed by atoms with E-state index in [2.05, 4.69) is 5.32 Å². The molecule has 0 saturated carbocycles. The van der Waals surface area contributed by atoms with Crippen molar-refractivity contribution in [1.82, 2.24) is 0 Å². The fourth-order valence-corrected chi connectivity index (χ4v) is 1.61. The molecule has 1 aromatic carbocycles. The number of nitrogens with zero attached hydrogens (tertiary/aromatic N) is 1. The van der Waals surface area contributed by atoms with Crippen LogP contribution in [0.4, 0.5) is 24.5 Å². The second kappa shape index (κ2) is 7.82. The molecule has 0 spiro atoms. The van der Waals surface area contributed by atoms with E-state index in [0.717, 1.165) is 6.42 Å². The Balaban J connectivity index is 2.64. The molecule has 0 radical (unpaired) electrons. The summed E-state index contributed by atoms with van der Waals surface area (Å²) in [6.07, 6.45) is -4.46. The third-order valence-electron chi connectivity index (χ3n) is 2.62. The summed E-state index contributed by atoms with van der Waals surface area (Å²) in [5.74, 6) is 0. The first-order valence-electron chi connectivity index (χ1n) is 6.49. The molecule has 0 fully saturated rings. The molecule has 0 saturated heterocycles. The van der Waals surface area contributed by atoms with E-state index in [9.17, 15) is 23.3 Å². The van der Waals surface area contributed by atoms with Gasteiger partial charge in [-0.25, -0.2) is 0 Å². The molecule has 0 aromatic heterocycles. The second-order valence-electron chi connectivity index (χ2n) is 4.45. The van der Waals surface area contributed by atoms with Crippen molar-refractivity contribution in [3.8, 4) is 0 Å². The third-order valence-corrected chi connectivity index (χ3v) is 2.62. The lowest BCUT2D eigenvalue weighted by Crippen LogP contribution is -2.11. The molecule has 118 valence electrons. The minimum atomic E-state index is -4.25. The van der Waals surface area contributed by atoms with Crippen molar-refractivity contribution in [2.45, 2.75) is 32.5 Å². The summed E-state index contributed by atoms with van der Waals surface area (Å²) in [5.41, 5.74) is 0.864. The lowest BCUT2D eigenvalue weighted by atomic mass is 10.2. The van der Waals surface area contributed by atoms with Gasteiger partial charge in [-0.3, -0.25) is 10.1 Å². The van der Waals surface area contributed by atoms with Gasteiger partial charge in [0.1, 0.15) is 5.69 Å². The summed E-state index contributed by atoms with van der Waals surface area (Å²) >= 11 is 0. The Bertz CT molecular complexity index is 478. The van der Waals surface area contributed by atoms with Crippen LogP contribution in [0.1, 0.15) is 25.3 Å². The number of benzene rings is 1. The van der Waals surface area contributed by atoms with Crippen LogP contribution in [0.25, 0.3) is 0 Å². The van der Waals surface area contributed by atoms with Crippen LogP contribution in [0.3, 0.4) is 0 Å². The van der Waals surface area contributed by atoms with Gasteiger partial charge < -0.3 is 10.1 Å². The lowest BCUT2D eigenvalue weighted by Gasteiger charge is -2.10. The Morgan fingerprint density at radius 2 is 2.10 bits per heavy atom. The van der Waals surface area contributed by atoms with E-state index in [1.165, 1.54) is 18.2 Å². The van der Waals surface area contributed by atoms with Gasteiger partial charge >= 0.3 is 6.18 Å². The molecule has 1 rings (SSSR count). The number of nitrogens with one attached hydrogen (secondary N) is 1. The molecule has 0 unspecified atom stereocenters. The zero-order chi connectivity index (χ0) is 15.9. The van der Waals surface area contributed by atoms with Crippen LogP contribution in [0.2, 0.25) is 0 Å². The fourth-order valence-electron chi connectivity index (χ4n) is 1.61. The molecule has 0 aliphatic rings. The maximum Gasteiger partial charge on any atom is 0.391 e. The van der Waals surface area contributed by atoms with Gasteiger partial charge in [0.05, 0.1) is 24.6 Å². The van der Waals surface area contributed by atoms with Crippen molar-refractivity contribution in [1.29, 1.82) is 0 Å². The predicted octanol–water partition coefficient (Wildman–Crippen LogP) is 3.89. The maximum absolute atomic E-state index is 12.0. The van der Waals surface area contributed by atoms with Crippen molar-refractivity contribution in [2.24, 2.45) is 0 Å². The highest BCUT2D eigenvalue weighted by Gasteiger charge is 2.26. The van der Waals surface area contributed by atoms with E-state index in [1.807, 2.05) is 6.92 Å². The molecule has 0 aliphatic carbocycles. The second-order valence-corrected chi connectivity index (χ2v) is 4.45. The van der Waals surface area contributed by atoms with E-state index in [0.29, 0.717) is 17.8 Å². The van der Waals surface area contributed by atoms with Crippen LogP contribution in [0.5, 0.6) is 0 Å².